The molecule has 3 atom stereocenters. The Bertz CT molecular complexity index is 975. The number of aromatic nitrogens is 5. The molecule has 0 saturated carbocycles. The molecule has 0 aliphatic carbocycles. The predicted octanol–water partition coefficient (Wildman–Crippen LogP) is 0.324. The summed E-state index contributed by atoms with van der Waals surface area (Å²) in [7, 11) is 3.26. The van der Waals surface area contributed by atoms with Gasteiger partial charge in [-0.3, -0.25) is 14.3 Å². The Labute approximate surface area is 154 Å². The molecule has 1 aliphatic rings. The van der Waals surface area contributed by atoms with Gasteiger partial charge in [-0.1, -0.05) is 0 Å². The fraction of sp³-hybridized carbons (Fsp3) is 0.353. The van der Waals surface area contributed by atoms with Crippen LogP contribution in [0.1, 0.15) is 12.6 Å². The fourth-order valence-electron chi connectivity index (χ4n) is 3.13. The van der Waals surface area contributed by atoms with Gasteiger partial charge in [0.1, 0.15) is 6.23 Å². The zero-order valence-electron chi connectivity index (χ0n) is 14.8. The highest BCUT2D eigenvalue weighted by molar-refractivity contribution is 5.85. The minimum atomic E-state index is -0.930. The molecular formula is C17H19N7O3. The van der Waals surface area contributed by atoms with Crippen LogP contribution in [0, 0.1) is 0 Å². The Morgan fingerprint density at radius 3 is 2.93 bits per heavy atom. The maximum absolute atomic E-state index is 11.9. The van der Waals surface area contributed by atoms with Crippen molar-refractivity contribution >= 4 is 22.9 Å². The maximum atomic E-state index is 11.9. The van der Waals surface area contributed by atoms with Gasteiger partial charge in [-0.15, -0.1) is 0 Å². The van der Waals surface area contributed by atoms with Crippen LogP contribution >= 0.6 is 0 Å². The van der Waals surface area contributed by atoms with Gasteiger partial charge in [0, 0.05) is 38.5 Å². The second kappa shape index (κ2) is 6.89. The number of rotatable bonds is 4. The Kier molecular flexibility index (Phi) is 4.42. The van der Waals surface area contributed by atoms with Crippen LogP contribution in [-0.4, -0.2) is 61.8 Å². The van der Waals surface area contributed by atoms with E-state index in [2.05, 4.69) is 30.6 Å². The molecular weight excluding hydrogens is 350 g/mol. The SMILES string of the molecule is CNC(=O)[C@H]1O[C@@H](n2cnc3c(NC)nc(-c4cccnc4)nc32)C[C@@H]1O. The first-order valence-electron chi connectivity index (χ1n) is 8.50. The molecule has 0 unspecified atom stereocenters. The number of amides is 1. The number of fused-ring (bicyclic) bond motifs is 1. The smallest absolute Gasteiger partial charge is 0.251 e. The minimum Gasteiger partial charge on any atom is -0.390 e. The van der Waals surface area contributed by atoms with Gasteiger partial charge in [-0.05, 0) is 12.1 Å². The fourth-order valence-corrected chi connectivity index (χ4v) is 3.13. The Morgan fingerprint density at radius 1 is 1.37 bits per heavy atom. The summed E-state index contributed by atoms with van der Waals surface area (Å²) < 4.78 is 7.48. The molecule has 3 aromatic heterocycles. The van der Waals surface area contributed by atoms with Gasteiger partial charge in [0.05, 0.1) is 12.4 Å². The van der Waals surface area contributed by atoms with E-state index in [-0.39, 0.29) is 12.3 Å². The molecule has 0 bridgehead atoms. The van der Waals surface area contributed by atoms with Crippen molar-refractivity contribution in [2.75, 3.05) is 19.4 Å². The van der Waals surface area contributed by atoms with Gasteiger partial charge in [-0.2, -0.15) is 0 Å². The molecule has 140 valence electrons. The highest BCUT2D eigenvalue weighted by atomic mass is 16.5. The number of nitrogens with one attached hydrogen (secondary N) is 2. The van der Waals surface area contributed by atoms with Crippen LogP contribution < -0.4 is 10.6 Å². The molecule has 1 amide bonds. The number of nitrogens with zero attached hydrogens (tertiary/aromatic N) is 5. The number of imidazole rings is 1. The van der Waals surface area contributed by atoms with E-state index in [9.17, 15) is 9.90 Å². The van der Waals surface area contributed by atoms with Crippen molar-refractivity contribution in [1.29, 1.82) is 0 Å². The molecule has 0 radical (unpaired) electrons. The van der Waals surface area contributed by atoms with Gasteiger partial charge >= 0.3 is 0 Å². The molecule has 4 heterocycles. The van der Waals surface area contributed by atoms with Crippen LogP contribution in [0.5, 0.6) is 0 Å². The molecule has 27 heavy (non-hydrogen) atoms. The molecule has 10 nitrogen and oxygen atoms in total. The van der Waals surface area contributed by atoms with Gasteiger partial charge in [0.2, 0.25) is 0 Å². The average molecular weight is 369 g/mol. The number of carbonyl (C=O) groups is 1. The van der Waals surface area contributed by atoms with E-state index < -0.39 is 18.4 Å². The van der Waals surface area contributed by atoms with Crippen molar-refractivity contribution in [2.45, 2.75) is 24.9 Å². The molecule has 3 N–H and O–H groups in total. The molecule has 0 aromatic carbocycles. The van der Waals surface area contributed by atoms with Crippen molar-refractivity contribution < 1.29 is 14.6 Å². The highest BCUT2D eigenvalue weighted by Gasteiger charge is 2.40. The van der Waals surface area contributed by atoms with Gasteiger partial charge < -0.3 is 20.5 Å². The molecule has 1 fully saturated rings. The summed E-state index contributed by atoms with van der Waals surface area (Å²) in [5.41, 5.74) is 1.88. The molecule has 1 aliphatic heterocycles. The van der Waals surface area contributed by atoms with E-state index >= 15 is 0 Å². The number of pyridine rings is 1. The van der Waals surface area contributed by atoms with Crippen molar-refractivity contribution in [1.82, 2.24) is 29.8 Å². The molecule has 3 aromatic rings. The van der Waals surface area contributed by atoms with E-state index in [1.807, 2.05) is 12.1 Å². The number of aliphatic hydroxyl groups excluding tert-OH is 1. The second-order valence-electron chi connectivity index (χ2n) is 6.14. The van der Waals surface area contributed by atoms with Crippen LogP contribution in [0.15, 0.2) is 30.9 Å². The lowest BCUT2D eigenvalue weighted by Gasteiger charge is -2.15. The summed E-state index contributed by atoms with van der Waals surface area (Å²) in [6.45, 7) is 0. The third kappa shape index (κ3) is 2.98. The first kappa shape index (κ1) is 17.3. The first-order chi connectivity index (χ1) is 13.1. The zero-order valence-corrected chi connectivity index (χ0v) is 14.8. The lowest BCUT2D eigenvalue weighted by Crippen LogP contribution is -2.38. The van der Waals surface area contributed by atoms with Crippen LogP contribution in [0.25, 0.3) is 22.6 Å². The van der Waals surface area contributed by atoms with E-state index in [0.29, 0.717) is 22.8 Å². The first-order valence-corrected chi connectivity index (χ1v) is 8.50. The minimum absolute atomic E-state index is 0.255. The van der Waals surface area contributed by atoms with E-state index in [4.69, 9.17) is 4.74 Å². The van der Waals surface area contributed by atoms with E-state index in [1.54, 1.807) is 30.3 Å². The molecule has 0 spiro atoms. The van der Waals surface area contributed by atoms with E-state index in [1.165, 1.54) is 7.05 Å². The van der Waals surface area contributed by atoms with Crippen LogP contribution in [-0.2, 0) is 9.53 Å². The summed E-state index contributed by atoms with van der Waals surface area (Å²) in [5.74, 6) is 0.693. The average Bonchev–Trinajstić information content (AvgIpc) is 3.30. The zero-order chi connectivity index (χ0) is 19.0. The van der Waals surface area contributed by atoms with Crippen molar-refractivity contribution in [2.24, 2.45) is 0 Å². The highest BCUT2D eigenvalue weighted by Crippen LogP contribution is 2.32. The summed E-state index contributed by atoms with van der Waals surface area (Å²) in [4.78, 5) is 29.5. The van der Waals surface area contributed by atoms with Crippen LogP contribution in [0.4, 0.5) is 5.82 Å². The Hall–Kier alpha value is -3.11. The lowest BCUT2D eigenvalue weighted by molar-refractivity contribution is -0.137. The number of likely N-dealkylation sites (N-methyl/N-ethyl adjacent to an activating group) is 1. The Balaban J connectivity index is 1.78. The number of ether oxygens (including phenoxy) is 1. The number of hydrogen-bond donors (Lipinski definition) is 3. The third-order valence-corrected chi connectivity index (χ3v) is 4.49. The summed E-state index contributed by atoms with van der Waals surface area (Å²) in [5, 5.41) is 15.7. The number of carbonyl (C=O) groups excluding carboxylic acids is 1. The maximum Gasteiger partial charge on any atom is 0.251 e. The summed E-state index contributed by atoms with van der Waals surface area (Å²) >= 11 is 0. The van der Waals surface area contributed by atoms with Crippen LogP contribution in [0.2, 0.25) is 0 Å². The van der Waals surface area contributed by atoms with E-state index in [0.717, 1.165) is 5.56 Å². The largest absolute Gasteiger partial charge is 0.390 e. The van der Waals surface area contributed by atoms with Gasteiger partial charge in [0.15, 0.2) is 28.9 Å². The van der Waals surface area contributed by atoms with Crippen molar-refractivity contribution in [3.05, 3.63) is 30.9 Å². The van der Waals surface area contributed by atoms with Crippen molar-refractivity contribution in [3.8, 4) is 11.4 Å². The Morgan fingerprint density at radius 2 is 2.22 bits per heavy atom. The topological polar surface area (TPSA) is 127 Å². The number of hydrogen-bond acceptors (Lipinski definition) is 8. The van der Waals surface area contributed by atoms with Gasteiger partial charge in [0.25, 0.3) is 5.91 Å². The normalized spacial score (nSPS) is 22.1. The summed E-state index contributed by atoms with van der Waals surface area (Å²) in [6, 6.07) is 3.68. The number of aliphatic hydroxyl groups is 1. The standard InChI is InChI=1S/C17H19N7O3/c1-18-15-12-16(23-14(22-15)9-4-3-5-20-7-9)24(8-21-12)11-6-10(25)13(27-11)17(26)19-2/h3-5,7-8,10-11,13,25H,6H2,1-2H3,(H,19,26)(H,18,22,23)/t10-,11+,13-/m0/s1. The third-order valence-electron chi connectivity index (χ3n) is 4.49. The lowest BCUT2D eigenvalue weighted by atomic mass is 10.1. The summed E-state index contributed by atoms with van der Waals surface area (Å²) in [6.07, 6.45) is 2.79. The predicted molar refractivity (Wildman–Crippen MR) is 96.7 cm³/mol. The van der Waals surface area contributed by atoms with Crippen LogP contribution in [0.3, 0.4) is 0 Å². The molecule has 10 heteroatoms. The van der Waals surface area contributed by atoms with Crippen molar-refractivity contribution in [3.63, 3.8) is 0 Å². The van der Waals surface area contributed by atoms with Gasteiger partial charge in [-0.25, -0.2) is 15.0 Å². The quantitative estimate of drug-likeness (QED) is 0.600. The second-order valence-corrected chi connectivity index (χ2v) is 6.14. The monoisotopic (exact) mass is 369 g/mol. The number of anilines is 1. The molecule has 4 rings (SSSR count). The molecule has 1 saturated heterocycles.